The van der Waals surface area contributed by atoms with Gasteiger partial charge in [-0.3, -0.25) is 0 Å². The number of carboxylic acid groups (broad SMARTS) is 1. The van der Waals surface area contributed by atoms with E-state index in [0.717, 1.165) is 17.9 Å². The standard InChI is InChI=1S/C9H14N2O3S/c12-7(13)9(2-3-9)11-8(14)10-6-1-4-15-5-6/h6H,1-5H2,(H,12,13)(H2,10,11,14). The molecule has 2 fully saturated rings. The SMILES string of the molecule is O=C(NC1CCSC1)NC1(C(=O)O)CC1. The van der Waals surface area contributed by atoms with Crippen molar-refractivity contribution in [2.45, 2.75) is 30.8 Å². The molecule has 3 N–H and O–H groups in total. The van der Waals surface area contributed by atoms with E-state index in [0.29, 0.717) is 12.8 Å². The molecule has 15 heavy (non-hydrogen) atoms. The fraction of sp³-hybridized carbons (Fsp3) is 0.778. The van der Waals surface area contributed by atoms with Gasteiger partial charge in [0.15, 0.2) is 0 Å². The van der Waals surface area contributed by atoms with Crippen LogP contribution in [0.2, 0.25) is 0 Å². The van der Waals surface area contributed by atoms with Crippen molar-refractivity contribution in [3.63, 3.8) is 0 Å². The van der Waals surface area contributed by atoms with Crippen LogP contribution in [0.15, 0.2) is 0 Å². The summed E-state index contributed by atoms with van der Waals surface area (Å²) in [6, 6.07) is -0.151. The molecule has 0 aromatic heterocycles. The first-order valence-electron chi connectivity index (χ1n) is 5.02. The van der Waals surface area contributed by atoms with E-state index in [1.165, 1.54) is 0 Å². The van der Waals surface area contributed by atoms with Crippen LogP contribution in [-0.4, -0.2) is 40.2 Å². The quantitative estimate of drug-likeness (QED) is 0.656. The number of amides is 2. The third-order valence-electron chi connectivity index (χ3n) is 2.78. The van der Waals surface area contributed by atoms with Gasteiger partial charge >= 0.3 is 12.0 Å². The Morgan fingerprint density at radius 1 is 1.40 bits per heavy atom. The number of hydrogen-bond donors (Lipinski definition) is 3. The second-order valence-corrected chi connectivity index (χ2v) is 5.20. The number of thioether (sulfide) groups is 1. The Morgan fingerprint density at radius 2 is 2.13 bits per heavy atom. The highest BCUT2D eigenvalue weighted by atomic mass is 32.2. The number of urea groups is 1. The summed E-state index contributed by atoms with van der Waals surface area (Å²) in [5.74, 6) is 1.06. The number of aliphatic carboxylic acids is 1. The van der Waals surface area contributed by atoms with Gasteiger partial charge in [0.05, 0.1) is 0 Å². The average molecular weight is 230 g/mol. The zero-order valence-electron chi connectivity index (χ0n) is 8.28. The molecule has 5 nitrogen and oxygen atoms in total. The number of carbonyl (C=O) groups excluding carboxylic acids is 1. The summed E-state index contributed by atoms with van der Waals surface area (Å²) in [5.41, 5.74) is -0.976. The first-order valence-corrected chi connectivity index (χ1v) is 6.18. The molecule has 84 valence electrons. The molecule has 2 aliphatic rings. The van der Waals surface area contributed by atoms with E-state index >= 15 is 0 Å². The van der Waals surface area contributed by atoms with Gasteiger partial charge in [-0.2, -0.15) is 11.8 Å². The molecule has 1 atom stereocenters. The van der Waals surface area contributed by atoms with Gasteiger partial charge in [0, 0.05) is 11.8 Å². The second-order valence-electron chi connectivity index (χ2n) is 4.05. The number of rotatable bonds is 3. The van der Waals surface area contributed by atoms with Crippen LogP contribution in [-0.2, 0) is 4.79 Å². The van der Waals surface area contributed by atoms with E-state index in [1.807, 2.05) is 0 Å². The van der Waals surface area contributed by atoms with E-state index < -0.39 is 11.5 Å². The Kier molecular flexibility index (Phi) is 2.77. The minimum absolute atomic E-state index is 0.194. The maximum Gasteiger partial charge on any atom is 0.329 e. The van der Waals surface area contributed by atoms with Crippen molar-refractivity contribution in [3.05, 3.63) is 0 Å². The predicted molar refractivity (Wildman–Crippen MR) is 57.0 cm³/mol. The van der Waals surface area contributed by atoms with Gasteiger partial charge in [-0.1, -0.05) is 0 Å². The summed E-state index contributed by atoms with van der Waals surface area (Å²) in [5, 5.41) is 14.2. The van der Waals surface area contributed by atoms with Gasteiger partial charge in [0.1, 0.15) is 5.54 Å². The second kappa shape index (κ2) is 3.92. The highest BCUT2D eigenvalue weighted by Crippen LogP contribution is 2.35. The molecule has 6 heteroatoms. The number of carboxylic acids is 1. The topological polar surface area (TPSA) is 78.4 Å². The Balaban J connectivity index is 1.79. The molecule has 0 radical (unpaired) electrons. The molecule has 2 amide bonds. The summed E-state index contributed by atoms with van der Waals surface area (Å²) in [4.78, 5) is 22.3. The molecule has 1 aliphatic carbocycles. The van der Waals surface area contributed by atoms with E-state index in [4.69, 9.17) is 5.11 Å². The number of hydrogen-bond acceptors (Lipinski definition) is 3. The number of carbonyl (C=O) groups is 2. The summed E-state index contributed by atoms with van der Waals surface area (Å²) in [6.07, 6.45) is 2.04. The first-order chi connectivity index (χ1) is 7.12. The zero-order valence-corrected chi connectivity index (χ0v) is 9.10. The minimum Gasteiger partial charge on any atom is -0.480 e. The highest BCUT2D eigenvalue weighted by Gasteiger charge is 2.51. The van der Waals surface area contributed by atoms with Gasteiger partial charge in [-0.05, 0) is 25.0 Å². The normalized spacial score (nSPS) is 27.1. The molecule has 0 spiro atoms. The van der Waals surface area contributed by atoms with E-state index in [2.05, 4.69) is 10.6 Å². The van der Waals surface area contributed by atoms with Crippen LogP contribution in [0.3, 0.4) is 0 Å². The summed E-state index contributed by atoms with van der Waals surface area (Å²) in [7, 11) is 0. The Morgan fingerprint density at radius 3 is 2.60 bits per heavy atom. The lowest BCUT2D eigenvalue weighted by atomic mass is 10.2. The fourth-order valence-electron chi connectivity index (χ4n) is 1.60. The van der Waals surface area contributed by atoms with Crippen LogP contribution in [0.5, 0.6) is 0 Å². The zero-order chi connectivity index (χ0) is 10.9. The third-order valence-corrected chi connectivity index (χ3v) is 3.94. The average Bonchev–Trinajstić information content (AvgIpc) is 2.75. The maximum atomic E-state index is 11.5. The molecule has 1 unspecified atom stereocenters. The molecule has 1 heterocycles. The molecule has 0 aromatic carbocycles. The van der Waals surface area contributed by atoms with Gasteiger partial charge in [-0.15, -0.1) is 0 Å². The lowest BCUT2D eigenvalue weighted by Crippen LogP contribution is -2.50. The van der Waals surface area contributed by atoms with E-state index in [-0.39, 0.29) is 12.1 Å². The minimum atomic E-state index is -0.976. The maximum absolute atomic E-state index is 11.5. The molecule has 0 aromatic rings. The highest BCUT2D eigenvalue weighted by molar-refractivity contribution is 7.99. The predicted octanol–water partition coefficient (Wildman–Crippen LogP) is 0.408. The van der Waals surface area contributed by atoms with Gasteiger partial charge in [-0.25, -0.2) is 9.59 Å². The summed E-state index contributed by atoms with van der Waals surface area (Å²) >= 11 is 1.81. The van der Waals surface area contributed by atoms with Crippen molar-refractivity contribution in [1.82, 2.24) is 10.6 Å². The largest absolute Gasteiger partial charge is 0.480 e. The van der Waals surface area contributed by atoms with Crippen molar-refractivity contribution in [1.29, 1.82) is 0 Å². The molecular formula is C9H14N2O3S. The van der Waals surface area contributed by atoms with Gasteiger partial charge in [0.2, 0.25) is 0 Å². The van der Waals surface area contributed by atoms with Crippen LogP contribution >= 0.6 is 11.8 Å². The van der Waals surface area contributed by atoms with Crippen LogP contribution < -0.4 is 10.6 Å². The smallest absolute Gasteiger partial charge is 0.329 e. The lowest BCUT2D eigenvalue weighted by molar-refractivity contribution is -0.140. The van der Waals surface area contributed by atoms with E-state index in [9.17, 15) is 9.59 Å². The van der Waals surface area contributed by atoms with Crippen LogP contribution in [0, 0.1) is 0 Å². The Bertz CT molecular complexity index is 285. The van der Waals surface area contributed by atoms with Crippen molar-refractivity contribution in [2.75, 3.05) is 11.5 Å². The molecule has 1 aliphatic heterocycles. The summed E-state index contributed by atoms with van der Waals surface area (Å²) in [6.45, 7) is 0. The fourth-order valence-corrected chi connectivity index (χ4v) is 2.76. The van der Waals surface area contributed by atoms with Crippen molar-refractivity contribution >= 4 is 23.8 Å². The molecule has 1 saturated carbocycles. The molecule has 0 bridgehead atoms. The number of nitrogens with one attached hydrogen (secondary N) is 2. The Labute approximate surface area is 92.0 Å². The van der Waals surface area contributed by atoms with Crippen LogP contribution in [0.4, 0.5) is 4.79 Å². The van der Waals surface area contributed by atoms with Gasteiger partial charge in [0.25, 0.3) is 0 Å². The van der Waals surface area contributed by atoms with Crippen molar-refractivity contribution < 1.29 is 14.7 Å². The summed E-state index contributed by atoms with van der Waals surface area (Å²) < 4.78 is 0. The lowest BCUT2D eigenvalue weighted by Gasteiger charge is -2.16. The molecule has 1 saturated heterocycles. The van der Waals surface area contributed by atoms with Crippen LogP contribution in [0.25, 0.3) is 0 Å². The van der Waals surface area contributed by atoms with Crippen molar-refractivity contribution in [2.24, 2.45) is 0 Å². The monoisotopic (exact) mass is 230 g/mol. The van der Waals surface area contributed by atoms with Crippen LogP contribution in [0.1, 0.15) is 19.3 Å². The molecular weight excluding hydrogens is 216 g/mol. The first kappa shape index (κ1) is 10.6. The third kappa shape index (κ3) is 2.37. The van der Waals surface area contributed by atoms with E-state index in [1.54, 1.807) is 11.8 Å². The van der Waals surface area contributed by atoms with Gasteiger partial charge < -0.3 is 15.7 Å². The molecule has 2 rings (SSSR count). The van der Waals surface area contributed by atoms with Crippen molar-refractivity contribution in [3.8, 4) is 0 Å². The Hall–Kier alpha value is -0.910.